The molecule has 0 fully saturated rings. The van der Waals surface area contributed by atoms with Crippen LogP contribution in [-0.2, 0) is 9.53 Å². The number of carbonyl (C=O) groups excluding carboxylic acids is 2. The fourth-order valence-electron chi connectivity index (χ4n) is 2.18. The van der Waals surface area contributed by atoms with E-state index in [9.17, 15) is 19.7 Å². The van der Waals surface area contributed by atoms with Gasteiger partial charge in [-0.05, 0) is 49.2 Å². The summed E-state index contributed by atoms with van der Waals surface area (Å²) < 4.78 is 4.90. The van der Waals surface area contributed by atoms with Crippen LogP contribution in [0.15, 0.2) is 36.4 Å². The first-order chi connectivity index (χ1) is 12.3. The molecule has 0 unspecified atom stereocenters. The summed E-state index contributed by atoms with van der Waals surface area (Å²) in [6, 6.07) is 10.6. The summed E-state index contributed by atoms with van der Waals surface area (Å²) in [7, 11) is 0. The van der Waals surface area contributed by atoms with Crippen molar-refractivity contribution in [3.8, 4) is 6.07 Å². The van der Waals surface area contributed by atoms with E-state index in [0.29, 0.717) is 11.1 Å². The van der Waals surface area contributed by atoms with Crippen LogP contribution < -0.4 is 5.32 Å². The number of nitrogens with one attached hydrogen (secondary N) is 1. The van der Waals surface area contributed by atoms with Gasteiger partial charge in [0.2, 0.25) is 0 Å². The Balaban J connectivity index is 2.05. The molecule has 2 aromatic carbocycles. The van der Waals surface area contributed by atoms with Crippen molar-refractivity contribution < 1.29 is 19.2 Å². The quantitative estimate of drug-likeness (QED) is 0.501. The number of aryl methyl sites for hydroxylation is 1. The number of hydrogen-bond donors (Lipinski definition) is 1. The Bertz CT molecular complexity index is 914. The lowest BCUT2D eigenvalue weighted by Crippen LogP contribution is -2.22. The van der Waals surface area contributed by atoms with Crippen LogP contribution in [0.4, 0.5) is 11.4 Å². The van der Waals surface area contributed by atoms with Crippen LogP contribution in [0.25, 0.3) is 0 Å². The van der Waals surface area contributed by atoms with Crippen molar-refractivity contribution in [3.05, 3.63) is 68.8 Å². The van der Waals surface area contributed by atoms with Crippen molar-refractivity contribution in [2.45, 2.75) is 13.8 Å². The number of hydrogen-bond acceptors (Lipinski definition) is 6. The van der Waals surface area contributed by atoms with Crippen LogP contribution in [0.5, 0.6) is 0 Å². The van der Waals surface area contributed by atoms with Gasteiger partial charge in [0.25, 0.3) is 11.6 Å². The first-order valence-electron chi connectivity index (χ1n) is 7.55. The lowest BCUT2D eigenvalue weighted by molar-refractivity contribution is -0.384. The third-order valence-electron chi connectivity index (χ3n) is 3.76. The van der Waals surface area contributed by atoms with E-state index >= 15 is 0 Å². The molecule has 0 heterocycles. The van der Waals surface area contributed by atoms with Gasteiger partial charge in [-0.2, -0.15) is 5.26 Å². The number of nitriles is 1. The maximum absolute atomic E-state index is 12.0. The molecule has 0 aliphatic heterocycles. The molecular formula is C18H15N3O5. The second kappa shape index (κ2) is 7.90. The number of anilines is 1. The molecule has 132 valence electrons. The highest BCUT2D eigenvalue weighted by atomic mass is 16.6. The minimum absolute atomic E-state index is 0.0782. The van der Waals surface area contributed by atoms with Gasteiger partial charge in [-0.15, -0.1) is 0 Å². The minimum atomic E-state index is -0.736. The first-order valence-corrected chi connectivity index (χ1v) is 7.55. The van der Waals surface area contributed by atoms with Crippen molar-refractivity contribution in [2.24, 2.45) is 0 Å². The third kappa shape index (κ3) is 4.21. The molecule has 0 atom stereocenters. The van der Waals surface area contributed by atoms with E-state index in [1.165, 1.54) is 30.3 Å². The van der Waals surface area contributed by atoms with Gasteiger partial charge < -0.3 is 10.1 Å². The van der Waals surface area contributed by atoms with Crippen LogP contribution in [0.1, 0.15) is 27.0 Å². The van der Waals surface area contributed by atoms with E-state index in [0.717, 1.165) is 5.56 Å². The van der Waals surface area contributed by atoms with E-state index in [1.54, 1.807) is 19.9 Å². The Labute approximate surface area is 149 Å². The van der Waals surface area contributed by atoms with Crippen LogP contribution in [0.3, 0.4) is 0 Å². The number of esters is 1. The fourth-order valence-corrected chi connectivity index (χ4v) is 2.18. The van der Waals surface area contributed by atoms with Crippen LogP contribution in [0, 0.1) is 35.3 Å². The molecule has 0 spiro atoms. The van der Waals surface area contributed by atoms with Crippen molar-refractivity contribution in [1.29, 1.82) is 5.26 Å². The molecule has 1 N–H and O–H groups in total. The summed E-state index contributed by atoms with van der Waals surface area (Å²) in [5, 5.41) is 22.3. The maximum Gasteiger partial charge on any atom is 0.338 e. The van der Waals surface area contributed by atoms with Gasteiger partial charge in [0.05, 0.1) is 22.1 Å². The van der Waals surface area contributed by atoms with Gasteiger partial charge in [0, 0.05) is 6.07 Å². The largest absolute Gasteiger partial charge is 0.452 e. The Morgan fingerprint density at radius 2 is 1.85 bits per heavy atom. The molecule has 0 saturated heterocycles. The van der Waals surface area contributed by atoms with Gasteiger partial charge >= 0.3 is 5.97 Å². The van der Waals surface area contributed by atoms with Crippen molar-refractivity contribution >= 4 is 23.3 Å². The Kier molecular flexibility index (Phi) is 5.65. The molecule has 0 aliphatic carbocycles. The Hall–Kier alpha value is -3.73. The van der Waals surface area contributed by atoms with E-state index < -0.39 is 23.4 Å². The lowest BCUT2D eigenvalue weighted by Gasteiger charge is -2.11. The third-order valence-corrected chi connectivity index (χ3v) is 3.76. The summed E-state index contributed by atoms with van der Waals surface area (Å²) in [6.45, 7) is 2.82. The Morgan fingerprint density at radius 3 is 2.42 bits per heavy atom. The topological polar surface area (TPSA) is 122 Å². The van der Waals surface area contributed by atoms with Crippen LogP contribution in [0.2, 0.25) is 0 Å². The molecule has 0 aliphatic rings. The molecule has 0 radical (unpaired) electrons. The highest BCUT2D eigenvalue weighted by Crippen LogP contribution is 2.30. The zero-order valence-corrected chi connectivity index (χ0v) is 14.1. The number of amides is 1. The van der Waals surface area contributed by atoms with Gasteiger partial charge in [0.15, 0.2) is 6.61 Å². The molecule has 8 nitrogen and oxygen atoms in total. The highest BCUT2D eigenvalue weighted by molar-refractivity contribution is 5.97. The predicted octanol–water partition coefficient (Wildman–Crippen LogP) is 2.88. The van der Waals surface area contributed by atoms with Gasteiger partial charge in [-0.1, -0.05) is 6.07 Å². The number of nitro groups is 1. The van der Waals surface area contributed by atoms with Crippen LogP contribution >= 0.6 is 0 Å². The zero-order chi connectivity index (χ0) is 19.3. The molecular weight excluding hydrogens is 338 g/mol. The van der Waals surface area contributed by atoms with Crippen molar-refractivity contribution in [1.82, 2.24) is 0 Å². The number of benzene rings is 2. The SMILES string of the molecule is Cc1ccc([N+](=O)[O-])c(NC(=O)COC(=O)c2ccc(C#N)cc2)c1C. The summed E-state index contributed by atoms with van der Waals surface area (Å²) >= 11 is 0. The number of nitro benzene ring substituents is 1. The summed E-state index contributed by atoms with van der Waals surface area (Å²) in [5.41, 5.74) is 1.76. The summed E-state index contributed by atoms with van der Waals surface area (Å²) in [5.74, 6) is -1.43. The number of ether oxygens (including phenoxy) is 1. The lowest BCUT2D eigenvalue weighted by atomic mass is 10.1. The standard InChI is InChI=1S/C18H15N3O5/c1-11-3-8-15(21(24)25)17(12(11)2)20-16(22)10-26-18(23)14-6-4-13(9-19)5-7-14/h3-8H,10H2,1-2H3,(H,20,22). The van der Waals surface area contributed by atoms with Crippen molar-refractivity contribution in [3.63, 3.8) is 0 Å². The molecule has 1 amide bonds. The fraction of sp³-hybridized carbons (Fsp3) is 0.167. The molecule has 0 saturated carbocycles. The molecule has 2 rings (SSSR count). The van der Waals surface area contributed by atoms with Gasteiger partial charge in [-0.25, -0.2) is 4.79 Å². The number of nitrogens with zero attached hydrogens (tertiary/aromatic N) is 2. The normalized spacial score (nSPS) is 9.88. The molecule has 2 aromatic rings. The monoisotopic (exact) mass is 353 g/mol. The smallest absolute Gasteiger partial charge is 0.338 e. The average molecular weight is 353 g/mol. The first kappa shape index (κ1) is 18.6. The Morgan fingerprint density at radius 1 is 1.19 bits per heavy atom. The summed E-state index contributed by atoms with van der Waals surface area (Å²) in [4.78, 5) is 34.5. The predicted molar refractivity (Wildman–Crippen MR) is 92.6 cm³/mol. The second-order valence-electron chi connectivity index (χ2n) is 5.47. The minimum Gasteiger partial charge on any atom is -0.452 e. The van der Waals surface area contributed by atoms with Gasteiger partial charge in [-0.3, -0.25) is 14.9 Å². The van der Waals surface area contributed by atoms with Crippen LogP contribution in [-0.4, -0.2) is 23.4 Å². The van der Waals surface area contributed by atoms with Crippen molar-refractivity contribution in [2.75, 3.05) is 11.9 Å². The molecule has 0 aromatic heterocycles. The maximum atomic E-state index is 12.0. The van der Waals surface area contributed by atoms with E-state index in [-0.39, 0.29) is 16.9 Å². The second-order valence-corrected chi connectivity index (χ2v) is 5.47. The zero-order valence-electron chi connectivity index (χ0n) is 14.1. The number of rotatable bonds is 5. The molecule has 8 heteroatoms. The van der Waals surface area contributed by atoms with Gasteiger partial charge in [0.1, 0.15) is 5.69 Å². The average Bonchev–Trinajstić information content (AvgIpc) is 2.63. The van der Waals surface area contributed by atoms with E-state index in [4.69, 9.17) is 10.00 Å². The highest BCUT2D eigenvalue weighted by Gasteiger charge is 2.20. The van der Waals surface area contributed by atoms with E-state index in [1.807, 2.05) is 6.07 Å². The molecule has 26 heavy (non-hydrogen) atoms. The number of carbonyl (C=O) groups is 2. The summed E-state index contributed by atoms with van der Waals surface area (Å²) in [6.07, 6.45) is 0. The molecule has 0 bridgehead atoms. The van der Waals surface area contributed by atoms with E-state index in [2.05, 4.69) is 5.32 Å².